The zero-order valence-electron chi connectivity index (χ0n) is 13.1. The highest BCUT2D eigenvalue weighted by Gasteiger charge is 2.58. The van der Waals surface area contributed by atoms with Gasteiger partial charge < -0.3 is 14.4 Å². The Kier molecular flexibility index (Phi) is 5.83. The second-order valence-corrected chi connectivity index (χ2v) is 5.41. The fourth-order valence-corrected chi connectivity index (χ4v) is 2.09. The van der Waals surface area contributed by atoms with Crippen molar-refractivity contribution < 1.29 is 27.5 Å². The first kappa shape index (κ1) is 19.0. The molecule has 0 aliphatic heterocycles. The zero-order chi connectivity index (χ0) is 17.8. The highest BCUT2D eigenvalue weighted by Crippen LogP contribution is 2.42. The minimum atomic E-state index is -5.08. The maximum atomic E-state index is 13.3. The van der Waals surface area contributed by atoms with Crippen LogP contribution in [0.5, 0.6) is 0 Å². The van der Waals surface area contributed by atoms with E-state index >= 15 is 0 Å². The quantitative estimate of drug-likeness (QED) is 0.869. The average molecular weight is 332 g/mol. The van der Waals surface area contributed by atoms with Gasteiger partial charge in [0.15, 0.2) is 0 Å². The molecule has 0 saturated carbocycles. The first-order valence-corrected chi connectivity index (χ1v) is 7.08. The Bertz CT molecular complexity index is 592. The van der Waals surface area contributed by atoms with E-state index in [0.29, 0.717) is 0 Å². The van der Waals surface area contributed by atoms with E-state index in [9.17, 15) is 23.1 Å². The number of nitriles is 1. The molecule has 2 unspecified atom stereocenters. The summed E-state index contributed by atoms with van der Waals surface area (Å²) in [4.78, 5) is 13.3. The van der Waals surface area contributed by atoms with Crippen LogP contribution in [0.25, 0.3) is 0 Å². The van der Waals surface area contributed by atoms with Crippen molar-refractivity contribution in [2.24, 2.45) is 5.92 Å². The van der Waals surface area contributed by atoms with Crippen LogP contribution in [0.1, 0.15) is 31.8 Å². The number of nitrogens with zero attached hydrogens (tertiary/aromatic N) is 2. The zero-order valence-corrected chi connectivity index (χ0v) is 13.1. The second-order valence-electron chi connectivity index (χ2n) is 5.41. The molecule has 1 heterocycles. The normalized spacial score (nSPS) is 15.6. The minimum absolute atomic E-state index is 0.00302. The van der Waals surface area contributed by atoms with Gasteiger partial charge in [-0.2, -0.15) is 18.4 Å². The third-order valence-corrected chi connectivity index (χ3v) is 3.47. The van der Waals surface area contributed by atoms with Gasteiger partial charge in [0.1, 0.15) is 11.5 Å². The maximum absolute atomic E-state index is 13.3. The molecule has 8 heteroatoms. The number of halogens is 3. The smallest absolute Gasteiger partial charge is 0.425 e. The molecular formula is C15H19F3N2O3. The molecule has 1 N–H and O–H groups in total. The second kappa shape index (κ2) is 7.04. The number of furan rings is 1. The molecule has 0 aliphatic rings. The first-order chi connectivity index (χ1) is 10.5. The van der Waals surface area contributed by atoms with Crippen molar-refractivity contribution in [2.75, 3.05) is 13.1 Å². The third kappa shape index (κ3) is 4.26. The van der Waals surface area contributed by atoms with Crippen LogP contribution >= 0.6 is 0 Å². The summed E-state index contributed by atoms with van der Waals surface area (Å²) in [6.45, 7) is 4.72. The molecule has 0 radical (unpaired) electrons. The summed E-state index contributed by atoms with van der Waals surface area (Å²) in [7, 11) is 0. The number of aryl methyl sites for hydroxylation is 1. The van der Waals surface area contributed by atoms with Crippen LogP contribution in [0, 0.1) is 24.2 Å². The lowest BCUT2D eigenvalue weighted by atomic mass is 9.94. The van der Waals surface area contributed by atoms with Gasteiger partial charge in [0.05, 0.1) is 18.4 Å². The van der Waals surface area contributed by atoms with Crippen LogP contribution in [0.2, 0.25) is 0 Å². The van der Waals surface area contributed by atoms with Gasteiger partial charge in [0.25, 0.3) is 0 Å². The van der Waals surface area contributed by atoms with Gasteiger partial charge in [-0.3, -0.25) is 4.79 Å². The van der Waals surface area contributed by atoms with Crippen molar-refractivity contribution in [3.05, 3.63) is 23.7 Å². The number of aliphatic hydroxyl groups is 1. The lowest BCUT2D eigenvalue weighted by Gasteiger charge is -2.31. The monoisotopic (exact) mass is 332 g/mol. The van der Waals surface area contributed by atoms with E-state index in [1.165, 1.54) is 13.0 Å². The summed E-state index contributed by atoms with van der Waals surface area (Å²) in [5, 5.41) is 18.9. The standard InChI is InChI=1S/C15H19F3N2O3/c1-4-20(9-10(2)8-19)13(21)7-14(22,15(16,17)18)12-6-5-11(3)23-12/h5-6,10,22H,4,7,9H2,1-3H3. The van der Waals surface area contributed by atoms with Crippen LogP contribution < -0.4 is 0 Å². The summed E-state index contributed by atoms with van der Waals surface area (Å²) in [5.41, 5.74) is -3.40. The number of amides is 1. The highest BCUT2D eigenvalue weighted by atomic mass is 19.4. The van der Waals surface area contributed by atoms with Crippen LogP contribution in [-0.2, 0) is 10.4 Å². The Balaban J connectivity index is 3.07. The van der Waals surface area contributed by atoms with E-state index in [-0.39, 0.29) is 18.8 Å². The van der Waals surface area contributed by atoms with E-state index in [2.05, 4.69) is 0 Å². The van der Waals surface area contributed by atoms with Gasteiger partial charge in [-0.1, -0.05) is 0 Å². The summed E-state index contributed by atoms with van der Waals surface area (Å²) in [6, 6.07) is 4.20. The van der Waals surface area contributed by atoms with E-state index < -0.39 is 35.8 Å². The molecule has 1 rings (SSSR count). The van der Waals surface area contributed by atoms with Crippen molar-refractivity contribution >= 4 is 5.91 Å². The molecule has 1 aromatic rings. The number of carbonyl (C=O) groups excluding carboxylic acids is 1. The molecule has 2 atom stereocenters. The van der Waals surface area contributed by atoms with Gasteiger partial charge in [-0.25, -0.2) is 0 Å². The van der Waals surface area contributed by atoms with Crippen LogP contribution in [-0.4, -0.2) is 35.2 Å². The number of hydrogen-bond acceptors (Lipinski definition) is 4. The first-order valence-electron chi connectivity index (χ1n) is 7.08. The Morgan fingerprint density at radius 2 is 2.09 bits per heavy atom. The topological polar surface area (TPSA) is 77.5 Å². The van der Waals surface area contributed by atoms with E-state index in [1.807, 2.05) is 6.07 Å². The Morgan fingerprint density at radius 3 is 2.48 bits per heavy atom. The van der Waals surface area contributed by atoms with Gasteiger partial charge in [-0.05, 0) is 32.9 Å². The summed E-state index contributed by atoms with van der Waals surface area (Å²) >= 11 is 0. The predicted molar refractivity (Wildman–Crippen MR) is 75.0 cm³/mol. The van der Waals surface area contributed by atoms with Crippen LogP contribution in [0.3, 0.4) is 0 Å². The number of carbonyl (C=O) groups is 1. The molecule has 0 spiro atoms. The molecular weight excluding hydrogens is 313 g/mol. The van der Waals surface area contributed by atoms with Crippen molar-refractivity contribution in [3.8, 4) is 6.07 Å². The van der Waals surface area contributed by atoms with E-state index in [4.69, 9.17) is 9.68 Å². The third-order valence-electron chi connectivity index (χ3n) is 3.47. The highest BCUT2D eigenvalue weighted by molar-refractivity contribution is 5.77. The number of alkyl halides is 3. The average Bonchev–Trinajstić information content (AvgIpc) is 2.89. The lowest BCUT2D eigenvalue weighted by Crippen LogP contribution is -2.47. The molecule has 0 saturated heterocycles. The molecule has 1 amide bonds. The van der Waals surface area contributed by atoms with Crippen molar-refractivity contribution in [1.82, 2.24) is 4.90 Å². The van der Waals surface area contributed by atoms with Gasteiger partial charge in [0, 0.05) is 13.1 Å². The molecule has 5 nitrogen and oxygen atoms in total. The summed E-state index contributed by atoms with van der Waals surface area (Å²) < 4.78 is 44.9. The maximum Gasteiger partial charge on any atom is 0.425 e. The van der Waals surface area contributed by atoms with E-state index in [0.717, 1.165) is 11.0 Å². The molecule has 0 aliphatic carbocycles. The number of rotatable bonds is 6. The Hall–Kier alpha value is -2.01. The summed E-state index contributed by atoms with van der Waals surface area (Å²) in [6.07, 6.45) is -6.28. The van der Waals surface area contributed by atoms with Crippen LogP contribution in [0.4, 0.5) is 13.2 Å². The fourth-order valence-electron chi connectivity index (χ4n) is 2.09. The van der Waals surface area contributed by atoms with Gasteiger partial charge in [-0.15, -0.1) is 0 Å². The molecule has 1 aromatic heterocycles. The summed E-state index contributed by atoms with van der Waals surface area (Å²) in [5.74, 6) is -1.95. The number of hydrogen-bond donors (Lipinski definition) is 1. The van der Waals surface area contributed by atoms with Gasteiger partial charge >= 0.3 is 6.18 Å². The molecule has 128 valence electrons. The van der Waals surface area contributed by atoms with E-state index in [1.54, 1.807) is 13.8 Å². The molecule has 0 bridgehead atoms. The predicted octanol–water partition coefficient (Wildman–Crippen LogP) is 2.74. The molecule has 0 aromatic carbocycles. The fraction of sp³-hybridized carbons (Fsp3) is 0.600. The largest absolute Gasteiger partial charge is 0.463 e. The molecule has 0 fully saturated rings. The SMILES string of the molecule is CCN(CC(C)C#N)C(=O)CC(O)(c1ccc(C)o1)C(F)(F)F. The lowest BCUT2D eigenvalue weighted by molar-refractivity contribution is -0.274. The van der Waals surface area contributed by atoms with Crippen molar-refractivity contribution in [1.29, 1.82) is 5.26 Å². The van der Waals surface area contributed by atoms with Crippen LogP contribution in [0.15, 0.2) is 16.5 Å². The van der Waals surface area contributed by atoms with Crippen molar-refractivity contribution in [2.45, 2.75) is 39.0 Å². The Labute approximate surface area is 132 Å². The molecule has 23 heavy (non-hydrogen) atoms. The minimum Gasteiger partial charge on any atom is -0.463 e. The van der Waals surface area contributed by atoms with Crippen molar-refractivity contribution in [3.63, 3.8) is 0 Å². The van der Waals surface area contributed by atoms with Gasteiger partial charge in [0.2, 0.25) is 11.5 Å². The Morgan fingerprint density at radius 1 is 1.48 bits per heavy atom.